The van der Waals surface area contributed by atoms with Gasteiger partial charge in [-0.25, -0.2) is 4.79 Å². The maximum atomic E-state index is 12.5. The summed E-state index contributed by atoms with van der Waals surface area (Å²) in [5.41, 5.74) is 5.98. The molecule has 29 heavy (non-hydrogen) atoms. The summed E-state index contributed by atoms with van der Waals surface area (Å²) in [7, 11) is 0. The molecule has 6 nitrogen and oxygen atoms in total. The van der Waals surface area contributed by atoms with Crippen LogP contribution in [-0.4, -0.2) is 30.1 Å². The van der Waals surface area contributed by atoms with Gasteiger partial charge in [-0.15, -0.1) is 23.1 Å². The molecular weight excluding hydrogens is 408 g/mol. The number of amides is 2. The molecule has 0 aliphatic carbocycles. The van der Waals surface area contributed by atoms with Gasteiger partial charge in [0.15, 0.2) is 0 Å². The van der Waals surface area contributed by atoms with Gasteiger partial charge >= 0.3 is 5.97 Å². The first-order chi connectivity index (χ1) is 13.9. The third-order valence-corrected chi connectivity index (χ3v) is 6.41. The number of nitrogens with one attached hydrogen (secondary N) is 1. The Balaban J connectivity index is 1.74. The molecular formula is C21H20N2O4S2. The lowest BCUT2D eigenvalue weighted by Crippen LogP contribution is -2.16. The number of hydrogen-bond donors (Lipinski definition) is 2. The Morgan fingerprint density at radius 1 is 1.14 bits per heavy atom. The van der Waals surface area contributed by atoms with E-state index in [4.69, 9.17) is 10.5 Å². The smallest absolute Gasteiger partial charge is 0.341 e. The first-order valence-electron chi connectivity index (χ1n) is 8.92. The predicted octanol–water partition coefficient (Wildman–Crippen LogP) is 4.22. The van der Waals surface area contributed by atoms with E-state index < -0.39 is 11.9 Å². The Kier molecular flexibility index (Phi) is 6.56. The van der Waals surface area contributed by atoms with Crippen LogP contribution in [0.1, 0.15) is 32.5 Å². The van der Waals surface area contributed by atoms with Crippen LogP contribution in [0.25, 0.3) is 10.8 Å². The number of fused-ring (bicyclic) bond motifs is 1. The summed E-state index contributed by atoms with van der Waals surface area (Å²) >= 11 is 2.37. The molecule has 3 N–H and O–H groups in total. The van der Waals surface area contributed by atoms with E-state index in [1.807, 2.05) is 42.5 Å². The van der Waals surface area contributed by atoms with Gasteiger partial charge in [0.25, 0.3) is 5.91 Å². The molecule has 1 heterocycles. The Morgan fingerprint density at radius 3 is 2.55 bits per heavy atom. The van der Waals surface area contributed by atoms with Gasteiger partial charge in [0.05, 0.1) is 22.8 Å². The molecule has 0 fully saturated rings. The number of ether oxygens (including phenoxy) is 1. The van der Waals surface area contributed by atoms with Crippen molar-refractivity contribution in [2.45, 2.75) is 18.7 Å². The van der Waals surface area contributed by atoms with E-state index in [-0.39, 0.29) is 33.7 Å². The van der Waals surface area contributed by atoms with Crippen LogP contribution in [0.15, 0.2) is 47.4 Å². The van der Waals surface area contributed by atoms with Gasteiger partial charge in [0, 0.05) is 4.90 Å². The van der Waals surface area contributed by atoms with E-state index in [2.05, 4.69) is 5.32 Å². The average molecular weight is 429 g/mol. The van der Waals surface area contributed by atoms with Gasteiger partial charge in [0.1, 0.15) is 5.00 Å². The Labute approximate surface area is 176 Å². The van der Waals surface area contributed by atoms with Gasteiger partial charge in [-0.05, 0) is 42.3 Å². The number of carbonyl (C=O) groups excluding carboxylic acids is 3. The lowest BCUT2D eigenvalue weighted by atomic mass is 10.1. The molecule has 0 aliphatic heterocycles. The molecule has 3 rings (SSSR count). The molecule has 3 aromatic rings. The number of thioether (sulfide) groups is 1. The first kappa shape index (κ1) is 20.9. The van der Waals surface area contributed by atoms with Crippen LogP contribution in [-0.2, 0) is 9.53 Å². The highest BCUT2D eigenvalue weighted by Crippen LogP contribution is 2.34. The van der Waals surface area contributed by atoms with Gasteiger partial charge in [0.2, 0.25) is 5.91 Å². The van der Waals surface area contributed by atoms with Crippen molar-refractivity contribution in [3.05, 3.63) is 58.5 Å². The Hall–Kier alpha value is -2.84. The SMILES string of the molecule is CCOC(=O)c1c(NC(=O)CSc2ccc3ccccc3c2)sc(C(N)=O)c1C. The predicted molar refractivity (Wildman–Crippen MR) is 117 cm³/mol. The van der Waals surface area contributed by atoms with Crippen LogP contribution in [0, 0.1) is 6.92 Å². The fourth-order valence-electron chi connectivity index (χ4n) is 2.85. The molecule has 0 atom stereocenters. The van der Waals surface area contributed by atoms with E-state index in [1.54, 1.807) is 13.8 Å². The third kappa shape index (κ3) is 4.78. The zero-order valence-corrected chi connectivity index (χ0v) is 17.6. The molecule has 0 saturated heterocycles. The van der Waals surface area contributed by atoms with Crippen molar-refractivity contribution in [1.82, 2.24) is 0 Å². The molecule has 2 amide bonds. The number of rotatable bonds is 7. The van der Waals surface area contributed by atoms with Crippen molar-refractivity contribution < 1.29 is 19.1 Å². The largest absolute Gasteiger partial charge is 0.462 e. The number of hydrogen-bond acceptors (Lipinski definition) is 6. The number of primary amides is 1. The molecule has 0 unspecified atom stereocenters. The normalized spacial score (nSPS) is 10.7. The molecule has 0 radical (unpaired) electrons. The zero-order valence-electron chi connectivity index (χ0n) is 16.0. The van der Waals surface area contributed by atoms with Gasteiger partial charge < -0.3 is 15.8 Å². The number of carbonyl (C=O) groups is 3. The van der Waals surface area contributed by atoms with Crippen LogP contribution in [0.5, 0.6) is 0 Å². The number of benzene rings is 2. The monoisotopic (exact) mass is 428 g/mol. The second-order valence-corrected chi connectivity index (χ2v) is 8.26. The van der Waals surface area contributed by atoms with Crippen molar-refractivity contribution in [3.63, 3.8) is 0 Å². The average Bonchev–Trinajstić information content (AvgIpc) is 3.02. The fourth-order valence-corrected chi connectivity index (χ4v) is 4.66. The quantitative estimate of drug-likeness (QED) is 0.434. The standard InChI is InChI=1S/C21H20N2O4S2/c1-3-27-21(26)17-12(2)18(19(22)25)29-20(17)23-16(24)11-28-15-9-8-13-6-4-5-7-14(13)10-15/h4-10H,3,11H2,1-2H3,(H2,22,25)(H,23,24). The highest BCUT2D eigenvalue weighted by Gasteiger charge is 2.25. The number of nitrogens with two attached hydrogens (primary N) is 1. The Morgan fingerprint density at radius 2 is 1.86 bits per heavy atom. The summed E-state index contributed by atoms with van der Waals surface area (Å²) in [4.78, 5) is 37.6. The minimum Gasteiger partial charge on any atom is -0.462 e. The van der Waals surface area contributed by atoms with E-state index >= 15 is 0 Å². The summed E-state index contributed by atoms with van der Waals surface area (Å²) in [6, 6.07) is 14.0. The van der Waals surface area contributed by atoms with E-state index in [0.29, 0.717) is 5.56 Å². The van der Waals surface area contributed by atoms with Crippen molar-refractivity contribution in [3.8, 4) is 0 Å². The van der Waals surface area contributed by atoms with Crippen LogP contribution in [0.3, 0.4) is 0 Å². The second kappa shape index (κ2) is 9.11. The maximum absolute atomic E-state index is 12.5. The summed E-state index contributed by atoms with van der Waals surface area (Å²) in [5.74, 6) is -1.37. The Bertz CT molecular complexity index is 1090. The fraction of sp³-hybridized carbons (Fsp3) is 0.190. The van der Waals surface area contributed by atoms with E-state index in [9.17, 15) is 14.4 Å². The lowest BCUT2D eigenvalue weighted by molar-refractivity contribution is -0.113. The summed E-state index contributed by atoms with van der Waals surface area (Å²) in [6.45, 7) is 3.49. The second-order valence-electron chi connectivity index (χ2n) is 6.19. The highest BCUT2D eigenvalue weighted by atomic mass is 32.2. The van der Waals surface area contributed by atoms with Crippen LogP contribution in [0.4, 0.5) is 5.00 Å². The molecule has 0 bridgehead atoms. The van der Waals surface area contributed by atoms with Crippen molar-refractivity contribution in [2.75, 3.05) is 17.7 Å². The zero-order chi connectivity index (χ0) is 21.0. The van der Waals surface area contributed by atoms with Crippen LogP contribution < -0.4 is 11.1 Å². The molecule has 0 saturated carbocycles. The molecule has 150 valence electrons. The number of esters is 1. The maximum Gasteiger partial charge on any atom is 0.341 e. The van der Waals surface area contributed by atoms with E-state index in [0.717, 1.165) is 27.0 Å². The molecule has 0 aliphatic rings. The molecule has 8 heteroatoms. The number of anilines is 1. The third-order valence-electron chi connectivity index (χ3n) is 4.19. The lowest BCUT2D eigenvalue weighted by Gasteiger charge is -2.07. The van der Waals surface area contributed by atoms with Crippen LogP contribution >= 0.6 is 23.1 Å². The van der Waals surface area contributed by atoms with Gasteiger partial charge in [-0.1, -0.05) is 30.3 Å². The first-order valence-corrected chi connectivity index (χ1v) is 10.7. The number of thiophene rings is 1. The van der Waals surface area contributed by atoms with Crippen LogP contribution in [0.2, 0.25) is 0 Å². The van der Waals surface area contributed by atoms with Crippen molar-refractivity contribution in [1.29, 1.82) is 0 Å². The van der Waals surface area contributed by atoms with E-state index in [1.165, 1.54) is 11.8 Å². The summed E-state index contributed by atoms with van der Waals surface area (Å²) in [5, 5.41) is 5.23. The summed E-state index contributed by atoms with van der Waals surface area (Å²) in [6.07, 6.45) is 0. The van der Waals surface area contributed by atoms with Crippen molar-refractivity contribution >= 4 is 56.7 Å². The minimum atomic E-state index is -0.649. The topological polar surface area (TPSA) is 98.5 Å². The molecule has 1 aromatic heterocycles. The molecule has 2 aromatic carbocycles. The van der Waals surface area contributed by atoms with Crippen molar-refractivity contribution in [2.24, 2.45) is 5.73 Å². The van der Waals surface area contributed by atoms with Gasteiger partial charge in [-0.3, -0.25) is 9.59 Å². The minimum absolute atomic E-state index is 0.156. The molecule has 0 spiro atoms. The summed E-state index contributed by atoms with van der Waals surface area (Å²) < 4.78 is 5.05. The highest BCUT2D eigenvalue weighted by molar-refractivity contribution is 8.00. The van der Waals surface area contributed by atoms with Gasteiger partial charge in [-0.2, -0.15) is 0 Å².